The summed E-state index contributed by atoms with van der Waals surface area (Å²) in [5, 5.41) is 22.0. The number of rotatable bonds is 5. The summed E-state index contributed by atoms with van der Waals surface area (Å²) in [4.78, 5) is 38.4. The number of nitrogens with one attached hydrogen (secondary N) is 1. The molecule has 1 saturated carbocycles. The number of alkyl carbamates (subject to hydrolysis) is 1. The van der Waals surface area contributed by atoms with Crippen molar-refractivity contribution in [3.63, 3.8) is 0 Å². The number of carboxylic acid groups (broad SMARTS) is 1. The number of carbonyl (C=O) groups is 3. The van der Waals surface area contributed by atoms with Gasteiger partial charge in [0.25, 0.3) is 0 Å². The Hall–Kier alpha value is -3.39. The first-order chi connectivity index (χ1) is 16.2. The summed E-state index contributed by atoms with van der Waals surface area (Å²) < 4.78 is 5.65. The van der Waals surface area contributed by atoms with Gasteiger partial charge >= 0.3 is 12.1 Å². The van der Waals surface area contributed by atoms with Gasteiger partial charge in [-0.05, 0) is 42.0 Å². The summed E-state index contributed by atoms with van der Waals surface area (Å²) in [5.74, 6) is -1.63. The third-order valence-corrected chi connectivity index (χ3v) is 7.67. The van der Waals surface area contributed by atoms with Crippen LogP contribution in [-0.4, -0.2) is 64.4 Å². The molecule has 2 fully saturated rings. The fourth-order valence-corrected chi connectivity index (χ4v) is 5.66. The molecule has 0 aromatic heterocycles. The Kier molecular flexibility index (Phi) is 5.36. The molecule has 3 N–H and O–H groups in total. The number of amides is 2. The molecule has 2 atom stereocenters. The minimum absolute atomic E-state index is 0.0514. The average molecular weight is 465 g/mol. The molecule has 5 rings (SSSR count). The first-order valence-corrected chi connectivity index (χ1v) is 11.6. The quantitative estimate of drug-likeness (QED) is 0.627. The van der Waals surface area contributed by atoms with Gasteiger partial charge in [0.1, 0.15) is 6.61 Å². The van der Waals surface area contributed by atoms with Gasteiger partial charge in [0.2, 0.25) is 5.91 Å². The lowest BCUT2D eigenvalue weighted by Crippen LogP contribution is -2.70. The molecule has 0 radical (unpaired) electrons. The van der Waals surface area contributed by atoms with E-state index in [0.717, 1.165) is 28.7 Å². The minimum atomic E-state index is -1.89. The van der Waals surface area contributed by atoms with Crippen molar-refractivity contribution in [1.29, 1.82) is 0 Å². The molecular formula is C26H28N2O6. The number of ether oxygens (including phenoxy) is 1. The van der Waals surface area contributed by atoms with Crippen LogP contribution in [0.4, 0.5) is 4.79 Å². The maximum atomic E-state index is 13.1. The van der Waals surface area contributed by atoms with Gasteiger partial charge in [0.15, 0.2) is 5.60 Å². The Morgan fingerprint density at radius 2 is 1.65 bits per heavy atom. The van der Waals surface area contributed by atoms with E-state index >= 15 is 0 Å². The van der Waals surface area contributed by atoms with E-state index in [1.165, 1.54) is 4.90 Å². The fourth-order valence-electron chi connectivity index (χ4n) is 5.66. The second kappa shape index (κ2) is 8.13. The molecule has 2 unspecified atom stereocenters. The fraction of sp³-hybridized carbons (Fsp3) is 0.423. The van der Waals surface area contributed by atoms with Gasteiger partial charge < -0.3 is 25.2 Å². The molecule has 2 aromatic carbocycles. The van der Waals surface area contributed by atoms with Crippen LogP contribution in [-0.2, 0) is 14.3 Å². The summed E-state index contributed by atoms with van der Waals surface area (Å²) >= 11 is 0. The van der Waals surface area contributed by atoms with E-state index < -0.39 is 29.1 Å². The molecule has 178 valence electrons. The SMILES string of the molecule is CC1(C(=O)N2CC(O)(C(=O)O)C2)CCCC1NC(=O)OCC1c2ccccc2-c2ccccc21. The highest BCUT2D eigenvalue weighted by Gasteiger charge is 2.56. The van der Waals surface area contributed by atoms with E-state index in [1.807, 2.05) is 24.3 Å². The average Bonchev–Trinajstić information content (AvgIpc) is 3.33. The highest BCUT2D eigenvalue weighted by molar-refractivity contribution is 5.89. The molecule has 2 aromatic rings. The number of nitrogens with zero attached hydrogens (tertiary/aromatic N) is 1. The Morgan fingerprint density at radius 3 is 2.24 bits per heavy atom. The summed E-state index contributed by atoms with van der Waals surface area (Å²) in [7, 11) is 0. The smallest absolute Gasteiger partial charge is 0.407 e. The third kappa shape index (κ3) is 3.53. The van der Waals surface area contributed by atoms with Gasteiger partial charge in [-0.1, -0.05) is 55.0 Å². The molecule has 8 nitrogen and oxygen atoms in total. The highest BCUT2D eigenvalue weighted by atomic mass is 16.5. The molecule has 3 aliphatic rings. The number of aliphatic hydroxyl groups is 1. The molecule has 0 spiro atoms. The van der Waals surface area contributed by atoms with E-state index in [-0.39, 0.29) is 31.5 Å². The number of β-amino-alcohol motifs (C(OH)–C–C–N with tert-alkyl or cyclic N) is 1. The van der Waals surface area contributed by atoms with Crippen molar-refractivity contribution in [3.05, 3.63) is 59.7 Å². The minimum Gasteiger partial charge on any atom is -0.479 e. The molecular weight excluding hydrogens is 436 g/mol. The maximum Gasteiger partial charge on any atom is 0.407 e. The summed E-state index contributed by atoms with van der Waals surface area (Å²) in [6, 6.07) is 15.8. The van der Waals surface area contributed by atoms with Crippen LogP contribution in [0.2, 0.25) is 0 Å². The number of fused-ring (bicyclic) bond motifs is 3. The predicted molar refractivity (Wildman–Crippen MR) is 123 cm³/mol. The number of benzene rings is 2. The largest absolute Gasteiger partial charge is 0.479 e. The number of carbonyl (C=O) groups excluding carboxylic acids is 2. The van der Waals surface area contributed by atoms with Crippen molar-refractivity contribution >= 4 is 18.0 Å². The summed E-state index contributed by atoms with van der Waals surface area (Å²) in [6.07, 6.45) is 1.39. The van der Waals surface area contributed by atoms with Crippen LogP contribution in [0.3, 0.4) is 0 Å². The molecule has 1 saturated heterocycles. The van der Waals surface area contributed by atoms with Gasteiger partial charge in [-0.2, -0.15) is 0 Å². The van der Waals surface area contributed by atoms with Crippen molar-refractivity contribution in [2.45, 2.75) is 43.7 Å². The van der Waals surface area contributed by atoms with Crippen LogP contribution >= 0.6 is 0 Å². The van der Waals surface area contributed by atoms with Gasteiger partial charge in [-0.25, -0.2) is 9.59 Å². The number of hydrogen-bond acceptors (Lipinski definition) is 5. The second-order valence-electron chi connectivity index (χ2n) is 9.83. The number of carboxylic acids is 1. The number of likely N-dealkylation sites (tertiary alicyclic amines) is 1. The first kappa shape index (κ1) is 22.4. The zero-order valence-corrected chi connectivity index (χ0v) is 19.0. The Bertz CT molecular complexity index is 1110. The molecule has 8 heteroatoms. The highest BCUT2D eigenvalue weighted by Crippen LogP contribution is 2.45. The molecule has 2 amide bonds. The van der Waals surface area contributed by atoms with E-state index in [1.54, 1.807) is 6.92 Å². The molecule has 34 heavy (non-hydrogen) atoms. The Morgan fingerprint density at radius 1 is 1.06 bits per heavy atom. The van der Waals surface area contributed by atoms with Gasteiger partial charge in [-0.15, -0.1) is 0 Å². The van der Waals surface area contributed by atoms with Gasteiger partial charge in [0, 0.05) is 12.0 Å². The maximum absolute atomic E-state index is 13.1. The lowest BCUT2D eigenvalue weighted by molar-refractivity contribution is -0.186. The number of aliphatic carboxylic acids is 1. The molecule has 1 aliphatic heterocycles. The van der Waals surface area contributed by atoms with Crippen LogP contribution in [0, 0.1) is 5.41 Å². The zero-order valence-electron chi connectivity index (χ0n) is 19.0. The van der Waals surface area contributed by atoms with Crippen molar-refractivity contribution in [3.8, 4) is 11.1 Å². The Balaban J connectivity index is 1.23. The van der Waals surface area contributed by atoms with E-state index in [2.05, 4.69) is 29.6 Å². The monoisotopic (exact) mass is 464 g/mol. The third-order valence-electron chi connectivity index (χ3n) is 7.67. The molecule has 2 aliphatic carbocycles. The van der Waals surface area contributed by atoms with Crippen LogP contribution < -0.4 is 5.32 Å². The normalized spacial score (nSPS) is 24.6. The van der Waals surface area contributed by atoms with Crippen LogP contribution in [0.25, 0.3) is 11.1 Å². The van der Waals surface area contributed by atoms with Crippen LogP contribution in [0.1, 0.15) is 43.2 Å². The van der Waals surface area contributed by atoms with Crippen LogP contribution in [0.5, 0.6) is 0 Å². The van der Waals surface area contributed by atoms with Crippen molar-refractivity contribution in [1.82, 2.24) is 10.2 Å². The Labute approximate surface area is 197 Å². The lowest BCUT2D eigenvalue weighted by Gasteiger charge is -2.47. The van der Waals surface area contributed by atoms with Crippen molar-refractivity contribution in [2.75, 3.05) is 19.7 Å². The van der Waals surface area contributed by atoms with Crippen molar-refractivity contribution in [2.24, 2.45) is 5.41 Å². The summed E-state index contributed by atoms with van der Waals surface area (Å²) in [6.45, 7) is 1.49. The topological polar surface area (TPSA) is 116 Å². The van der Waals surface area contributed by atoms with Gasteiger partial charge in [0.05, 0.1) is 18.5 Å². The summed E-state index contributed by atoms with van der Waals surface area (Å²) in [5.41, 5.74) is 1.79. The first-order valence-electron chi connectivity index (χ1n) is 11.6. The van der Waals surface area contributed by atoms with Gasteiger partial charge in [-0.3, -0.25) is 4.79 Å². The lowest BCUT2D eigenvalue weighted by atomic mass is 9.80. The zero-order chi connectivity index (χ0) is 24.1. The van der Waals surface area contributed by atoms with E-state index in [4.69, 9.17) is 9.84 Å². The molecule has 0 bridgehead atoms. The molecule has 1 heterocycles. The van der Waals surface area contributed by atoms with E-state index in [9.17, 15) is 19.5 Å². The van der Waals surface area contributed by atoms with E-state index in [0.29, 0.717) is 12.8 Å². The van der Waals surface area contributed by atoms with Crippen molar-refractivity contribution < 1.29 is 29.3 Å². The second-order valence-corrected chi connectivity index (χ2v) is 9.83. The van der Waals surface area contributed by atoms with Crippen LogP contribution in [0.15, 0.2) is 48.5 Å². The number of hydrogen-bond donors (Lipinski definition) is 3. The standard InChI is InChI=1S/C26H28N2O6/c1-25(22(29)28-14-26(33,15-28)23(30)31)12-6-11-21(25)27-24(32)34-13-20-18-9-4-2-7-16(18)17-8-3-5-10-19(17)20/h2-5,7-10,20-21,33H,6,11-15H2,1H3,(H,27,32)(H,30,31). The predicted octanol–water partition coefficient (Wildman–Crippen LogP) is 2.74.